The van der Waals surface area contributed by atoms with Gasteiger partial charge in [0, 0.05) is 24.6 Å². The minimum Gasteiger partial charge on any atom is -0.493 e. The number of likely N-dealkylation sites (N-methyl/N-ethyl adjacent to an activating group) is 1. The van der Waals surface area contributed by atoms with Gasteiger partial charge < -0.3 is 10.1 Å². The topological polar surface area (TPSA) is 44.8 Å². The van der Waals surface area contributed by atoms with Gasteiger partial charge in [0.05, 0.1) is 6.61 Å². The molecule has 1 amide bonds. The fourth-order valence-electron chi connectivity index (χ4n) is 4.27. The third-order valence-electron chi connectivity index (χ3n) is 6.19. The second-order valence-electron chi connectivity index (χ2n) is 8.13. The fraction of sp³-hybridized carbons (Fsp3) is 0.667. The van der Waals surface area contributed by atoms with Crippen LogP contribution in [-0.4, -0.2) is 62.1 Å². The zero-order valence-corrected chi connectivity index (χ0v) is 16.6. The minimum atomic E-state index is -0.662. The highest BCUT2D eigenvalue weighted by atomic mass is 16.5. The number of hydrogen-bond acceptors (Lipinski definition) is 4. The highest BCUT2D eigenvalue weighted by molar-refractivity contribution is 5.89. The predicted molar refractivity (Wildman–Crippen MR) is 104 cm³/mol. The molecular weight excluding hydrogens is 326 g/mol. The summed E-state index contributed by atoms with van der Waals surface area (Å²) in [5.41, 5.74) is 0.304. The molecule has 1 aromatic carbocycles. The van der Waals surface area contributed by atoms with Gasteiger partial charge in [-0.05, 0) is 58.9 Å². The smallest absolute Gasteiger partial charge is 0.245 e. The number of amides is 1. The Labute approximate surface area is 157 Å². The maximum absolute atomic E-state index is 13.3. The van der Waals surface area contributed by atoms with E-state index < -0.39 is 5.54 Å². The lowest BCUT2D eigenvalue weighted by Crippen LogP contribution is -2.57. The quantitative estimate of drug-likeness (QED) is 0.877. The number of fused-ring (bicyclic) bond motifs is 1. The average molecular weight is 360 g/mol. The molecule has 1 N–H and O–H groups in total. The van der Waals surface area contributed by atoms with E-state index in [1.54, 1.807) is 0 Å². The first-order valence-electron chi connectivity index (χ1n) is 9.87. The summed E-state index contributed by atoms with van der Waals surface area (Å²) in [7, 11) is 3.97. The summed E-state index contributed by atoms with van der Waals surface area (Å²) < 4.78 is 5.79. The number of piperidine rings is 1. The van der Waals surface area contributed by atoms with E-state index in [4.69, 9.17) is 4.74 Å². The van der Waals surface area contributed by atoms with Gasteiger partial charge >= 0.3 is 0 Å². The third kappa shape index (κ3) is 3.60. The number of nitrogens with zero attached hydrogens (tertiary/aromatic N) is 2. The van der Waals surface area contributed by atoms with Crippen LogP contribution in [0.4, 0.5) is 0 Å². The van der Waals surface area contributed by atoms with Gasteiger partial charge in [-0.25, -0.2) is 0 Å². The molecule has 2 heterocycles. The molecule has 0 aliphatic carbocycles. The largest absolute Gasteiger partial charge is 0.493 e. The van der Waals surface area contributed by atoms with Crippen molar-refractivity contribution in [3.8, 4) is 5.75 Å². The Balaban J connectivity index is 1.71. The summed E-state index contributed by atoms with van der Waals surface area (Å²) in [5, 5.41) is 3.25. The van der Waals surface area contributed by atoms with Crippen molar-refractivity contribution in [1.82, 2.24) is 15.1 Å². The van der Waals surface area contributed by atoms with Gasteiger partial charge in [-0.3, -0.25) is 14.6 Å². The van der Waals surface area contributed by atoms with Crippen molar-refractivity contribution in [3.63, 3.8) is 0 Å². The maximum Gasteiger partial charge on any atom is 0.245 e. The van der Waals surface area contributed by atoms with E-state index in [-0.39, 0.29) is 5.91 Å². The molecular formula is C21H33N3O2. The highest BCUT2D eigenvalue weighted by Gasteiger charge is 2.46. The van der Waals surface area contributed by atoms with E-state index in [0.717, 1.165) is 30.3 Å². The third-order valence-corrected chi connectivity index (χ3v) is 6.19. The number of likely N-dealkylation sites (tertiary alicyclic amines) is 1. The molecule has 0 spiro atoms. The van der Waals surface area contributed by atoms with E-state index in [1.807, 2.05) is 43.3 Å². The number of carbonyl (C=O) groups excluding carboxylic acids is 1. The van der Waals surface area contributed by atoms with Gasteiger partial charge in [-0.15, -0.1) is 0 Å². The van der Waals surface area contributed by atoms with Crippen LogP contribution in [0.15, 0.2) is 24.3 Å². The Morgan fingerprint density at radius 1 is 1.35 bits per heavy atom. The normalized spacial score (nSPS) is 25.4. The molecule has 3 rings (SSSR count). The van der Waals surface area contributed by atoms with Crippen LogP contribution in [-0.2, 0) is 10.3 Å². The molecule has 2 unspecified atom stereocenters. The Morgan fingerprint density at radius 2 is 2.04 bits per heavy atom. The molecule has 0 radical (unpaired) electrons. The Bertz CT molecular complexity index is 625. The van der Waals surface area contributed by atoms with Gasteiger partial charge in [0.15, 0.2) is 0 Å². The van der Waals surface area contributed by atoms with Crippen molar-refractivity contribution in [1.29, 1.82) is 0 Å². The van der Waals surface area contributed by atoms with E-state index in [2.05, 4.69) is 24.1 Å². The summed E-state index contributed by atoms with van der Waals surface area (Å²) >= 11 is 0. The lowest BCUT2D eigenvalue weighted by atomic mass is 9.82. The van der Waals surface area contributed by atoms with Crippen LogP contribution in [0.2, 0.25) is 0 Å². The van der Waals surface area contributed by atoms with Gasteiger partial charge in [0.25, 0.3) is 0 Å². The lowest BCUT2D eigenvalue weighted by Gasteiger charge is -2.43. The molecule has 5 heteroatoms. The first-order chi connectivity index (χ1) is 12.4. The SMILES string of the molecule is CC1CCN(C(C)CNC(=O)C2(N(C)C)CCOc3ccccc32)CC1. The van der Waals surface area contributed by atoms with Crippen LogP contribution < -0.4 is 10.1 Å². The van der Waals surface area contributed by atoms with Crippen LogP contribution in [0.3, 0.4) is 0 Å². The lowest BCUT2D eigenvalue weighted by molar-refractivity contribution is -0.135. The maximum atomic E-state index is 13.3. The molecule has 5 nitrogen and oxygen atoms in total. The van der Waals surface area contributed by atoms with Gasteiger partial charge in [0.2, 0.25) is 5.91 Å². The van der Waals surface area contributed by atoms with Crippen molar-refractivity contribution in [2.24, 2.45) is 5.92 Å². The number of para-hydroxylation sites is 1. The van der Waals surface area contributed by atoms with Gasteiger partial charge in [-0.1, -0.05) is 25.1 Å². The minimum absolute atomic E-state index is 0.0791. The zero-order chi connectivity index (χ0) is 18.7. The second-order valence-corrected chi connectivity index (χ2v) is 8.13. The fourth-order valence-corrected chi connectivity index (χ4v) is 4.27. The van der Waals surface area contributed by atoms with Crippen molar-refractivity contribution >= 4 is 5.91 Å². The number of ether oxygens (including phenoxy) is 1. The summed E-state index contributed by atoms with van der Waals surface area (Å²) in [5.74, 6) is 1.72. The van der Waals surface area contributed by atoms with Crippen LogP contribution >= 0.6 is 0 Å². The zero-order valence-electron chi connectivity index (χ0n) is 16.6. The average Bonchev–Trinajstić information content (AvgIpc) is 2.65. The van der Waals surface area contributed by atoms with E-state index in [9.17, 15) is 4.79 Å². The predicted octanol–water partition coefficient (Wildman–Crippen LogP) is 2.46. The summed E-state index contributed by atoms with van der Waals surface area (Å²) in [6.07, 6.45) is 3.17. The molecule has 1 saturated heterocycles. The molecule has 2 atom stereocenters. The summed E-state index contributed by atoms with van der Waals surface area (Å²) in [4.78, 5) is 17.9. The van der Waals surface area contributed by atoms with Crippen molar-refractivity contribution in [2.75, 3.05) is 40.3 Å². The summed E-state index contributed by atoms with van der Waals surface area (Å²) in [6, 6.07) is 8.28. The summed E-state index contributed by atoms with van der Waals surface area (Å²) in [6.45, 7) is 8.05. The Kier molecular flexibility index (Phi) is 5.88. The molecule has 0 bridgehead atoms. The monoisotopic (exact) mass is 359 g/mol. The molecule has 1 aromatic rings. The first kappa shape index (κ1) is 19.2. The highest BCUT2D eigenvalue weighted by Crippen LogP contribution is 2.40. The number of carbonyl (C=O) groups is 1. The van der Waals surface area contributed by atoms with Gasteiger partial charge in [0.1, 0.15) is 11.3 Å². The Morgan fingerprint density at radius 3 is 2.73 bits per heavy atom. The Hall–Kier alpha value is -1.59. The molecule has 2 aliphatic heterocycles. The number of rotatable bonds is 5. The number of benzene rings is 1. The van der Waals surface area contributed by atoms with E-state index in [1.165, 1.54) is 12.8 Å². The first-order valence-corrected chi connectivity index (χ1v) is 9.87. The molecule has 2 aliphatic rings. The standard InChI is InChI=1S/C21H33N3O2/c1-16-9-12-24(13-10-16)17(2)15-22-20(25)21(23(3)4)11-14-26-19-8-6-5-7-18(19)21/h5-8,16-17H,9-15H2,1-4H3,(H,22,25). The number of hydrogen-bond donors (Lipinski definition) is 1. The number of nitrogens with one attached hydrogen (secondary N) is 1. The molecule has 144 valence electrons. The molecule has 1 fully saturated rings. The van der Waals surface area contributed by atoms with Crippen molar-refractivity contribution < 1.29 is 9.53 Å². The van der Waals surface area contributed by atoms with Crippen LogP contribution in [0.5, 0.6) is 5.75 Å². The van der Waals surface area contributed by atoms with E-state index in [0.29, 0.717) is 25.6 Å². The van der Waals surface area contributed by atoms with Crippen LogP contribution in [0, 0.1) is 5.92 Å². The van der Waals surface area contributed by atoms with Crippen LogP contribution in [0.25, 0.3) is 0 Å². The second kappa shape index (κ2) is 7.97. The van der Waals surface area contributed by atoms with Gasteiger partial charge in [-0.2, -0.15) is 0 Å². The molecule has 0 aromatic heterocycles. The van der Waals surface area contributed by atoms with Crippen LogP contribution in [0.1, 0.15) is 38.7 Å². The molecule has 26 heavy (non-hydrogen) atoms. The molecule has 0 saturated carbocycles. The van der Waals surface area contributed by atoms with Crippen molar-refractivity contribution in [2.45, 2.75) is 44.7 Å². The van der Waals surface area contributed by atoms with Crippen molar-refractivity contribution in [3.05, 3.63) is 29.8 Å². The van der Waals surface area contributed by atoms with E-state index >= 15 is 0 Å².